The summed E-state index contributed by atoms with van der Waals surface area (Å²) in [6.45, 7) is 4.47. The SMILES string of the molecule is CCc1ncnc(N(C)CC2CCN(c3ncnc4nc[nH]c34)CC2)c1F. The molecule has 9 heteroatoms. The van der Waals surface area contributed by atoms with Gasteiger partial charge in [0.2, 0.25) is 0 Å². The first-order valence-corrected chi connectivity index (χ1v) is 9.27. The molecule has 1 aliphatic rings. The first kappa shape index (κ1) is 17.6. The minimum Gasteiger partial charge on any atom is -0.357 e. The molecule has 142 valence electrons. The van der Waals surface area contributed by atoms with Gasteiger partial charge in [0.1, 0.15) is 18.2 Å². The topological polar surface area (TPSA) is 86.7 Å². The summed E-state index contributed by atoms with van der Waals surface area (Å²) in [6, 6.07) is 0. The molecule has 0 aliphatic carbocycles. The Labute approximate surface area is 156 Å². The minimum absolute atomic E-state index is 0.303. The third-order valence-electron chi connectivity index (χ3n) is 5.19. The summed E-state index contributed by atoms with van der Waals surface area (Å²) in [6.07, 6.45) is 7.23. The van der Waals surface area contributed by atoms with Crippen molar-refractivity contribution in [1.29, 1.82) is 0 Å². The number of nitrogens with one attached hydrogen (secondary N) is 1. The highest BCUT2D eigenvalue weighted by molar-refractivity contribution is 5.82. The van der Waals surface area contributed by atoms with E-state index in [1.54, 1.807) is 12.7 Å². The van der Waals surface area contributed by atoms with Crippen LogP contribution in [0.3, 0.4) is 0 Å². The van der Waals surface area contributed by atoms with E-state index in [9.17, 15) is 4.39 Å². The zero-order valence-corrected chi connectivity index (χ0v) is 15.6. The molecule has 4 rings (SSSR count). The fourth-order valence-corrected chi connectivity index (χ4v) is 3.70. The van der Waals surface area contributed by atoms with Crippen LogP contribution in [0.1, 0.15) is 25.5 Å². The van der Waals surface area contributed by atoms with E-state index in [0.717, 1.165) is 43.8 Å². The van der Waals surface area contributed by atoms with Crippen molar-refractivity contribution in [1.82, 2.24) is 29.9 Å². The summed E-state index contributed by atoms with van der Waals surface area (Å²) in [4.78, 5) is 28.3. The van der Waals surface area contributed by atoms with E-state index in [0.29, 0.717) is 29.5 Å². The lowest BCUT2D eigenvalue weighted by molar-refractivity contribution is 0.405. The first-order chi connectivity index (χ1) is 13.2. The van der Waals surface area contributed by atoms with E-state index >= 15 is 0 Å². The van der Waals surface area contributed by atoms with Gasteiger partial charge in [0.15, 0.2) is 23.1 Å². The molecule has 0 amide bonds. The Kier molecular flexibility index (Phi) is 4.83. The van der Waals surface area contributed by atoms with Gasteiger partial charge in [-0.25, -0.2) is 29.3 Å². The molecule has 1 saturated heterocycles. The lowest BCUT2D eigenvalue weighted by Crippen LogP contribution is -2.38. The number of piperidine rings is 1. The molecule has 4 heterocycles. The van der Waals surface area contributed by atoms with E-state index in [-0.39, 0.29) is 5.82 Å². The minimum atomic E-state index is -0.303. The van der Waals surface area contributed by atoms with Gasteiger partial charge in [0.25, 0.3) is 0 Å². The number of imidazole rings is 1. The second kappa shape index (κ2) is 7.42. The maximum atomic E-state index is 14.5. The molecular weight excluding hydrogens is 347 g/mol. The van der Waals surface area contributed by atoms with E-state index in [1.807, 2.05) is 18.9 Å². The van der Waals surface area contributed by atoms with Crippen LogP contribution in [0.4, 0.5) is 16.0 Å². The molecule has 0 bridgehead atoms. The summed E-state index contributed by atoms with van der Waals surface area (Å²) in [5.41, 5.74) is 2.03. The molecule has 27 heavy (non-hydrogen) atoms. The quantitative estimate of drug-likeness (QED) is 0.737. The van der Waals surface area contributed by atoms with E-state index in [2.05, 4.69) is 34.8 Å². The molecule has 1 aliphatic heterocycles. The molecule has 3 aromatic rings. The molecule has 0 saturated carbocycles. The third-order valence-corrected chi connectivity index (χ3v) is 5.19. The monoisotopic (exact) mass is 370 g/mol. The van der Waals surface area contributed by atoms with Gasteiger partial charge < -0.3 is 14.8 Å². The maximum Gasteiger partial charge on any atom is 0.187 e. The van der Waals surface area contributed by atoms with E-state index < -0.39 is 0 Å². The highest BCUT2D eigenvalue weighted by Gasteiger charge is 2.24. The number of aromatic nitrogens is 6. The third kappa shape index (κ3) is 3.41. The van der Waals surface area contributed by atoms with Gasteiger partial charge in [-0.15, -0.1) is 0 Å². The van der Waals surface area contributed by atoms with Crippen molar-refractivity contribution in [2.75, 3.05) is 36.5 Å². The fourth-order valence-electron chi connectivity index (χ4n) is 3.70. The molecule has 1 fully saturated rings. The molecule has 0 radical (unpaired) electrons. The first-order valence-electron chi connectivity index (χ1n) is 9.27. The van der Waals surface area contributed by atoms with Gasteiger partial charge in [-0.3, -0.25) is 0 Å². The molecule has 8 nitrogen and oxygen atoms in total. The van der Waals surface area contributed by atoms with E-state index in [1.165, 1.54) is 6.33 Å². The Balaban J connectivity index is 1.40. The number of hydrogen-bond donors (Lipinski definition) is 1. The van der Waals surface area contributed by atoms with Crippen molar-refractivity contribution in [3.63, 3.8) is 0 Å². The van der Waals surface area contributed by atoms with Crippen molar-refractivity contribution < 1.29 is 4.39 Å². The Hall–Kier alpha value is -2.84. The number of anilines is 2. The molecule has 0 atom stereocenters. The second-order valence-electron chi connectivity index (χ2n) is 6.92. The summed E-state index contributed by atoms with van der Waals surface area (Å²) >= 11 is 0. The number of aryl methyl sites for hydroxylation is 1. The van der Waals surface area contributed by atoms with Crippen LogP contribution >= 0.6 is 0 Å². The number of H-pyrrole nitrogens is 1. The molecular formula is C18H23FN8. The maximum absolute atomic E-state index is 14.5. The van der Waals surface area contributed by atoms with Gasteiger partial charge in [0.05, 0.1) is 12.0 Å². The number of nitrogens with zero attached hydrogens (tertiary/aromatic N) is 7. The Morgan fingerprint density at radius 2 is 1.93 bits per heavy atom. The standard InChI is InChI=1S/C18H23FN8/c1-3-13-14(19)17(24-9-20-13)26(2)8-12-4-6-27(7-5-12)18-15-16(22-10-21-15)23-11-25-18/h9-12H,3-8H2,1-2H3,(H,21,22,23,25). The zero-order chi connectivity index (χ0) is 18.8. The highest BCUT2D eigenvalue weighted by atomic mass is 19.1. The van der Waals surface area contributed by atoms with Crippen molar-refractivity contribution in [3.8, 4) is 0 Å². The predicted octanol–water partition coefficient (Wildman–Crippen LogP) is 2.20. The molecule has 1 N–H and O–H groups in total. The van der Waals surface area contributed by atoms with Crippen LogP contribution in [-0.4, -0.2) is 56.6 Å². The largest absolute Gasteiger partial charge is 0.357 e. The number of halogens is 1. The predicted molar refractivity (Wildman–Crippen MR) is 101 cm³/mol. The average Bonchev–Trinajstić information content (AvgIpc) is 3.17. The Morgan fingerprint density at radius 1 is 1.15 bits per heavy atom. The lowest BCUT2D eigenvalue weighted by atomic mass is 9.96. The van der Waals surface area contributed by atoms with Crippen molar-refractivity contribution in [2.45, 2.75) is 26.2 Å². The van der Waals surface area contributed by atoms with Gasteiger partial charge in [0, 0.05) is 26.7 Å². The van der Waals surface area contributed by atoms with Crippen LogP contribution in [0.25, 0.3) is 11.2 Å². The number of fused-ring (bicyclic) bond motifs is 1. The summed E-state index contributed by atoms with van der Waals surface area (Å²) in [5.74, 6) is 1.46. The summed E-state index contributed by atoms with van der Waals surface area (Å²) in [5, 5.41) is 0. The normalized spacial score (nSPS) is 15.4. The van der Waals surface area contributed by atoms with Gasteiger partial charge in [-0.1, -0.05) is 6.92 Å². The second-order valence-corrected chi connectivity index (χ2v) is 6.92. The molecule has 3 aromatic heterocycles. The number of aromatic amines is 1. The fraction of sp³-hybridized carbons (Fsp3) is 0.500. The van der Waals surface area contributed by atoms with Crippen LogP contribution in [0.2, 0.25) is 0 Å². The van der Waals surface area contributed by atoms with Gasteiger partial charge in [-0.05, 0) is 25.2 Å². The molecule has 0 aromatic carbocycles. The van der Waals surface area contributed by atoms with Crippen LogP contribution in [0.5, 0.6) is 0 Å². The van der Waals surface area contributed by atoms with Gasteiger partial charge >= 0.3 is 0 Å². The highest BCUT2D eigenvalue weighted by Crippen LogP contribution is 2.27. The molecule has 0 spiro atoms. The Bertz CT molecular complexity index is 919. The van der Waals surface area contributed by atoms with Crippen molar-refractivity contribution >= 4 is 22.8 Å². The lowest BCUT2D eigenvalue weighted by Gasteiger charge is -2.34. The number of hydrogen-bond acceptors (Lipinski definition) is 7. The number of rotatable bonds is 5. The zero-order valence-electron chi connectivity index (χ0n) is 15.6. The van der Waals surface area contributed by atoms with Crippen LogP contribution < -0.4 is 9.80 Å². The summed E-state index contributed by atoms with van der Waals surface area (Å²) < 4.78 is 14.5. The summed E-state index contributed by atoms with van der Waals surface area (Å²) in [7, 11) is 1.90. The van der Waals surface area contributed by atoms with Crippen molar-refractivity contribution in [3.05, 3.63) is 30.5 Å². The van der Waals surface area contributed by atoms with Crippen LogP contribution in [0, 0.1) is 11.7 Å². The van der Waals surface area contributed by atoms with Crippen molar-refractivity contribution in [2.24, 2.45) is 5.92 Å². The van der Waals surface area contributed by atoms with Crippen LogP contribution in [0.15, 0.2) is 19.0 Å². The molecule has 0 unspecified atom stereocenters. The Morgan fingerprint density at radius 3 is 2.70 bits per heavy atom. The average molecular weight is 370 g/mol. The van der Waals surface area contributed by atoms with E-state index in [4.69, 9.17) is 0 Å². The smallest absolute Gasteiger partial charge is 0.187 e. The van der Waals surface area contributed by atoms with Crippen LogP contribution in [-0.2, 0) is 6.42 Å². The van der Waals surface area contributed by atoms with Gasteiger partial charge in [-0.2, -0.15) is 0 Å².